The molecule has 2 aliphatic rings. The summed E-state index contributed by atoms with van der Waals surface area (Å²) in [5.74, 6) is 1.98. The van der Waals surface area contributed by atoms with Crippen LogP contribution in [-0.4, -0.2) is 38.0 Å². The zero-order valence-corrected chi connectivity index (χ0v) is 18.1. The van der Waals surface area contributed by atoms with Crippen LogP contribution in [0, 0.1) is 20.8 Å². The number of hydrogen-bond acceptors (Lipinski definition) is 2. The van der Waals surface area contributed by atoms with Gasteiger partial charge >= 0.3 is 0 Å². The van der Waals surface area contributed by atoms with Crippen molar-refractivity contribution in [1.29, 1.82) is 0 Å². The predicted octanol–water partition coefficient (Wildman–Crippen LogP) is 4.95. The van der Waals surface area contributed by atoms with Gasteiger partial charge in [-0.25, -0.2) is 4.98 Å². The van der Waals surface area contributed by atoms with Crippen LogP contribution in [0.3, 0.4) is 0 Å². The summed E-state index contributed by atoms with van der Waals surface area (Å²) in [7, 11) is 0. The fraction of sp³-hybridized carbons (Fsp3) is 0.440. The number of rotatable bonds is 4. The van der Waals surface area contributed by atoms with E-state index in [9.17, 15) is 4.79 Å². The van der Waals surface area contributed by atoms with Crippen molar-refractivity contribution in [3.63, 3.8) is 0 Å². The first-order valence-corrected chi connectivity index (χ1v) is 11.1. The Morgan fingerprint density at radius 2 is 1.63 bits per heavy atom. The van der Waals surface area contributed by atoms with Crippen LogP contribution in [-0.2, 0) is 0 Å². The minimum Gasteiger partial charge on any atom is -0.336 e. The highest BCUT2D eigenvalue weighted by atomic mass is 16.2. The van der Waals surface area contributed by atoms with Gasteiger partial charge in [-0.1, -0.05) is 6.42 Å². The van der Waals surface area contributed by atoms with Gasteiger partial charge in [0.05, 0.1) is 6.04 Å². The van der Waals surface area contributed by atoms with E-state index in [0.29, 0.717) is 12.0 Å². The van der Waals surface area contributed by atoms with Crippen LogP contribution in [0.2, 0.25) is 0 Å². The molecule has 156 valence electrons. The van der Waals surface area contributed by atoms with Crippen molar-refractivity contribution < 1.29 is 4.79 Å². The molecular formula is C25H30N4O. The van der Waals surface area contributed by atoms with Crippen LogP contribution >= 0.6 is 0 Å². The van der Waals surface area contributed by atoms with Crippen molar-refractivity contribution in [3.8, 4) is 5.69 Å². The van der Waals surface area contributed by atoms with Crippen LogP contribution < -0.4 is 0 Å². The van der Waals surface area contributed by atoms with Crippen molar-refractivity contribution in [1.82, 2.24) is 19.0 Å². The van der Waals surface area contributed by atoms with Gasteiger partial charge in [0, 0.05) is 53.5 Å². The van der Waals surface area contributed by atoms with E-state index in [-0.39, 0.29) is 5.91 Å². The highest BCUT2D eigenvalue weighted by Crippen LogP contribution is 2.38. The molecule has 5 nitrogen and oxygen atoms in total. The molecule has 5 heteroatoms. The molecule has 1 aromatic carbocycles. The molecule has 0 N–H and O–H groups in total. The molecule has 1 aliphatic heterocycles. The van der Waals surface area contributed by atoms with Crippen molar-refractivity contribution in [3.05, 3.63) is 71.1 Å². The Morgan fingerprint density at radius 3 is 2.27 bits per heavy atom. The summed E-state index contributed by atoms with van der Waals surface area (Å²) in [6.07, 6.45) is 6.81. The van der Waals surface area contributed by atoms with Gasteiger partial charge < -0.3 is 14.0 Å². The molecular weight excluding hydrogens is 372 g/mol. The summed E-state index contributed by atoms with van der Waals surface area (Å²) in [6.45, 7) is 7.93. The number of imidazole rings is 1. The minimum atomic E-state index is 0.132. The molecule has 30 heavy (non-hydrogen) atoms. The molecule has 3 aromatic rings. The number of carbonyl (C=O) groups is 1. The molecule has 0 radical (unpaired) electrons. The van der Waals surface area contributed by atoms with E-state index in [1.807, 2.05) is 23.2 Å². The van der Waals surface area contributed by atoms with E-state index in [2.05, 4.69) is 54.2 Å². The lowest BCUT2D eigenvalue weighted by molar-refractivity contribution is 0.0787. The fourth-order valence-electron chi connectivity index (χ4n) is 5.06. The lowest BCUT2D eigenvalue weighted by atomic mass is 9.84. The van der Waals surface area contributed by atoms with Gasteiger partial charge in [-0.2, -0.15) is 0 Å². The average molecular weight is 403 g/mol. The maximum Gasteiger partial charge on any atom is 0.253 e. The summed E-state index contributed by atoms with van der Waals surface area (Å²) in [6, 6.07) is 12.6. The second-order valence-corrected chi connectivity index (χ2v) is 8.95. The van der Waals surface area contributed by atoms with Crippen molar-refractivity contribution in [2.75, 3.05) is 13.1 Å². The largest absolute Gasteiger partial charge is 0.336 e. The number of likely N-dealkylation sites (tertiary alicyclic amines) is 1. The molecule has 2 fully saturated rings. The number of hydrogen-bond donors (Lipinski definition) is 0. The normalized spacial score (nSPS) is 19.3. The average Bonchev–Trinajstić information content (AvgIpc) is 3.40. The van der Waals surface area contributed by atoms with E-state index in [1.54, 1.807) is 0 Å². The Kier molecular flexibility index (Phi) is 4.76. The van der Waals surface area contributed by atoms with E-state index >= 15 is 0 Å². The van der Waals surface area contributed by atoms with Crippen LogP contribution in [0.25, 0.3) is 5.69 Å². The van der Waals surface area contributed by atoms with E-state index in [1.165, 1.54) is 42.2 Å². The molecule has 3 heterocycles. The van der Waals surface area contributed by atoms with Gasteiger partial charge in [0.1, 0.15) is 5.82 Å². The molecule has 1 atom stereocenters. The van der Waals surface area contributed by atoms with Crippen LogP contribution in [0.1, 0.15) is 70.9 Å². The van der Waals surface area contributed by atoms with Crippen LogP contribution in [0.15, 0.2) is 42.6 Å². The number of benzene rings is 1. The Morgan fingerprint density at radius 1 is 0.933 bits per heavy atom. The summed E-state index contributed by atoms with van der Waals surface area (Å²) >= 11 is 0. The third-order valence-electron chi connectivity index (χ3n) is 6.94. The SMILES string of the molecule is Cc1ccc(C)n1-c1ccc(C(=O)N2CCC(n3c(C)cnc3C3CCC3)C2)cc1. The second kappa shape index (κ2) is 7.46. The zero-order chi connectivity index (χ0) is 20.8. The lowest BCUT2D eigenvalue weighted by Gasteiger charge is -2.28. The Labute approximate surface area is 178 Å². The smallest absolute Gasteiger partial charge is 0.253 e. The number of aromatic nitrogens is 3. The first-order chi connectivity index (χ1) is 14.5. The summed E-state index contributed by atoms with van der Waals surface area (Å²) < 4.78 is 4.63. The minimum absolute atomic E-state index is 0.132. The van der Waals surface area contributed by atoms with Gasteiger partial charge in [0.15, 0.2) is 0 Å². The molecule has 0 bridgehead atoms. The monoisotopic (exact) mass is 402 g/mol. The van der Waals surface area contributed by atoms with Crippen molar-refractivity contribution >= 4 is 5.91 Å². The zero-order valence-electron chi connectivity index (χ0n) is 18.1. The van der Waals surface area contributed by atoms with Gasteiger partial charge in [0.2, 0.25) is 0 Å². The maximum absolute atomic E-state index is 13.2. The summed E-state index contributed by atoms with van der Waals surface area (Å²) in [4.78, 5) is 19.9. The highest BCUT2D eigenvalue weighted by Gasteiger charge is 2.33. The molecule has 1 saturated carbocycles. The standard InChI is InChI=1S/C25H30N4O/c1-17-7-8-18(2)28(17)22-11-9-21(10-12-22)25(30)27-14-13-23(16-27)29-19(3)15-26-24(29)20-5-4-6-20/h7-12,15,20,23H,4-6,13-14,16H2,1-3H3. The topological polar surface area (TPSA) is 43.1 Å². The second-order valence-electron chi connectivity index (χ2n) is 8.95. The first kappa shape index (κ1) is 19.2. The molecule has 1 aliphatic carbocycles. The van der Waals surface area contributed by atoms with Gasteiger partial charge in [-0.05, 0) is 76.4 Å². The van der Waals surface area contributed by atoms with Gasteiger partial charge in [-0.3, -0.25) is 4.79 Å². The highest BCUT2D eigenvalue weighted by molar-refractivity contribution is 5.94. The van der Waals surface area contributed by atoms with E-state index in [4.69, 9.17) is 4.98 Å². The predicted molar refractivity (Wildman–Crippen MR) is 118 cm³/mol. The number of nitrogens with zero attached hydrogens (tertiary/aromatic N) is 4. The number of carbonyl (C=O) groups excluding carboxylic acids is 1. The molecule has 1 amide bonds. The molecule has 5 rings (SSSR count). The van der Waals surface area contributed by atoms with Gasteiger partial charge in [0.25, 0.3) is 5.91 Å². The molecule has 2 aromatic heterocycles. The van der Waals surface area contributed by atoms with Crippen LogP contribution in [0.5, 0.6) is 0 Å². The summed E-state index contributed by atoms with van der Waals surface area (Å²) in [5.41, 5.74) is 5.49. The third kappa shape index (κ3) is 3.17. The lowest BCUT2D eigenvalue weighted by Crippen LogP contribution is -2.30. The molecule has 1 saturated heterocycles. The van der Waals surface area contributed by atoms with Crippen molar-refractivity contribution in [2.24, 2.45) is 0 Å². The first-order valence-electron chi connectivity index (χ1n) is 11.1. The maximum atomic E-state index is 13.2. The number of aryl methyl sites for hydroxylation is 3. The Balaban J connectivity index is 1.32. The van der Waals surface area contributed by atoms with E-state index in [0.717, 1.165) is 30.8 Å². The third-order valence-corrected chi connectivity index (χ3v) is 6.94. The quantitative estimate of drug-likeness (QED) is 0.619. The van der Waals surface area contributed by atoms with Gasteiger partial charge in [-0.15, -0.1) is 0 Å². The van der Waals surface area contributed by atoms with Crippen LogP contribution in [0.4, 0.5) is 0 Å². The Bertz CT molecular complexity index is 1050. The van der Waals surface area contributed by atoms with E-state index < -0.39 is 0 Å². The molecule has 0 spiro atoms. The fourth-order valence-corrected chi connectivity index (χ4v) is 5.06. The van der Waals surface area contributed by atoms with Crippen molar-refractivity contribution in [2.45, 2.75) is 58.4 Å². The molecule has 1 unspecified atom stereocenters. The number of amides is 1. The Hall–Kier alpha value is -2.82. The summed E-state index contributed by atoms with van der Waals surface area (Å²) in [5, 5.41) is 0.